The van der Waals surface area contributed by atoms with E-state index in [4.69, 9.17) is 4.74 Å². The van der Waals surface area contributed by atoms with Crippen LogP contribution >= 0.6 is 15.9 Å². The highest BCUT2D eigenvalue weighted by Gasteiger charge is 2.06. The molecule has 0 amide bonds. The minimum absolute atomic E-state index is 0.575. The Hall–Kier alpha value is -2.17. The van der Waals surface area contributed by atoms with E-state index in [0.29, 0.717) is 6.61 Å². The van der Waals surface area contributed by atoms with E-state index >= 15 is 0 Å². The number of hydrogen-bond acceptors (Lipinski definition) is 3. The molecule has 3 aromatic rings. The molecule has 1 N–H and O–H groups in total. The van der Waals surface area contributed by atoms with Gasteiger partial charge in [-0.3, -0.25) is 4.98 Å². The van der Waals surface area contributed by atoms with Crippen molar-refractivity contribution in [3.63, 3.8) is 0 Å². The first-order valence-electron chi connectivity index (χ1n) is 8.28. The molecule has 3 rings (SSSR count). The minimum Gasteiger partial charge on any atom is -0.489 e. The zero-order valence-electron chi connectivity index (χ0n) is 14.2. The lowest BCUT2D eigenvalue weighted by molar-refractivity contribution is 0.301. The summed E-state index contributed by atoms with van der Waals surface area (Å²) in [7, 11) is 0. The number of benzene rings is 2. The topological polar surface area (TPSA) is 34.1 Å². The van der Waals surface area contributed by atoms with Crippen LogP contribution in [-0.4, -0.2) is 4.98 Å². The second-order valence-electron chi connectivity index (χ2n) is 5.93. The first kappa shape index (κ1) is 17.6. The van der Waals surface area contributed by atoms with Crippen molar-refractivity contribution >= 4 is 15.9 Å². The standard InChI is InChI=1S/C21H21BrN2O/c1-16-4-2-3-5-18(16)15-25-21-7-6-20(22)12-19(21)14-24-13-17-8-10-23-11-9-17/h2-12,24H,13-15H2,1H3. The van der Waals surface area contributed by atoms with Gasteiger partial charge in [-0.05, 0) is 53.9 Å². The van der Waals surface area contributed by atoms with Gasteiger partial charge < -0.3 is 10.1 Å². The van der Waals surface area contributed by atoms with Gasteiger partial charge in [-0.2, -0.15) is 0 Å². The van der Waals surface area contributed by atoms with E-state index in [1.807, 2.05) is 48.8 Å². The van der Waals surface area contributed by atoms with Crippen molar-refractivity contribution in [2.75, 3.05) is 0 Å². The van der Waals surface area contributed by atoms with Gasteiger partial charge in [0.1, 0.15) is 12.4 Å². The van der Waals surface area contributed by atoms with Gasteiger partial charge >= 0.3 is 0 Å². The molecule has 0 aliphatic heterocycles. The summed E-state index contributed by atoms with van der Waals surface area (Å²) < 4.78 is 7.14. The monoisotopic (exact) mass is 396 g/mol. The number of hydrogen-bond donors (Lipinski definition) is 1. The van der Waals surface area contributed by atoms with Crippen LogP contribution in [0.3, 0.4) is 0 Å². The van der Waals surface area contributed by atoms with Crippen molar-refractivity contribution in [1.82, 2.24) is 10.3 Å². The van der Waals surface area contributed by atoms with Crippen LogP contribution in [0.15, 0.2) is 71.5 Å². The smallest absolute Gasteiger partial charge is 0.124 e. The fraction of sp³-hybridized carbons (Fsp3) is 0.190. The summed E-state index contributed by atoms with van der Waals surface area (Å²) in [6.07, 6.45) is 3.62. The molecule has 25 heavy (non-hydrogen) atoms. The van der Waals surface area contributed by atoms with E-state index in [2.05, 4.69) is 51.4 Å². The van der Waals surface area contributed by atoms with Crippen LogP contribution in [0.4, 0.5) is 0 Å². The van der Waals surface area contributed by atoms with E-state index in [-0.39, 0.29) is 0 Å². The van der Waals surface area contributed by atoms with Crippen LogP contribution in [0.1, 0.15) is 22.3 Å². The molecule has 1 aromatic heterocycles. The van der Waals surface area contributed by atoms with E-state index in [0.717, 1.165) is 28.9 Å². The average Bonchev–Trinajstić information content (AvgIpc) is 2.63. The van der Waals surface area contributed by atoms with E-state index in [1.54, 1.807) is 0 Å². The molecule has 0 saturated carbocycles. The van der Waals surface area contributed by atoms with Gasteiger partial charge in [-0.1, -0.05) is 40.2 Å². The van der Waals surface area contributed by atoms with Gasteiger partial charge in [0, 0.05) is 35.5 Å². The van der Waals surface area contributed by atoms with Crippen molar-refractivity contribution in [3.05, 3.63) is 93.7 Å². The molecule has 0 aliphatic rings. The Kier molecular flexibility index (Phi) is 6.20. The van der Waals surface area contributed by atoms with Crippen molar-refractivity contribution in [2.45, 2.75) is 26.6 Å². The van der Waals surface area contributed by atoms with Crippen molar-refractivity contribution in [2.24, 2.45) is 0 Å². The molecular weight excluding hydrogens is 376 g/mol. The highest BCUT2D eigenvalue weighted by Crippen LogP contribution is 2.24. The predicted octanol–water partition coefficient (Wildman–Crippen LogP) is 5.02. The van der Waals surface area contributed by atoms with Crippen LogP contribution in [0.2, 0.25) is 0 Å². The molecule has 1 heterocycles. The van der Waals surface area contributed by atoms with Crippen molar-refractivity contribution < 1.29 is 4.74 Å². The van der Waals surface area contributed by atoms with Crippen LogP contribution in [0.5, 0.6) is 5.75 Å². The Morgan fingerprint density at radius 2 is 1.76 bits per heavy atom. The molecule has 0 aliphatic carbocycles. The van der Waals surface area contributed by atoms with E-state index < -0.39 is 0 Å². The summed E-state index contributed by atoms with van der Waals surface area (Å²) in [6, 6.07) is 18.5. The molecule has 0 fully saturated rings. The highest BCUT2D eigenvalue weighted by atomic mass is 79.9. The van der Waals surface area contributed by atoms with Crippen LogP contribution in [0.25, 0.3) is 0 Å². The lowest BCUT2D eigenvalue weighted by atomic mass is 10.1. The summed E-state index contributed by atoms with van der Waals surface area (Å²) in [5.74, 6) is 0.911. The Morgan fingerprint density at radius 3 is 2.56 bits per heavy atom. The van der Waals surface area contributed by atoms with Gasteiger partial charge in [0.2, 0.25) is 0 Å². The van der Waals surface area contributed by atoms with Crippen LogP contribution in [-0.2, 0) is 19.7 Å². The Bertz CT molecular complexity index is 821. The van der Waals surface area contributed by atoms with Gasteiger partial charge in [0.05, 0.1) is 0 Å². The van der Waals surface area contributed by atoms with Gasteiger partial charge in [0.25, 0.3) is 0 Å². The largest absolute Gasteiger partial charge is 0.489 e. The highest BCUT2D eigenvalue weighted by molar-refractivity contribution is 9.10. The number of ether oxygens (including phenoxy) is 1. The minimum atomic E-state index is 0.575. The van der Waals surface area contributed by atoms with Crippen molar-refractivity contribution in [1.29, 1.82) is 0 Å². The van der Waals surface area contributed by atoms with E-state index in [9.17, 15) is 0 Å². The third-order valence-electron chi connectivity index (χ3n) is 4.06. The fourth-order valence-corrected chi connectivity index (χ4v) is 3.01. The number of halogens is 1. The molecule has 0 spiro atoms. The number of pyridine rings is 1. The predicted molar refractivity (Wildman–Crippen MR) is 104 cm³/mol. The molecule has 128 valence electrons. The van der Waals surface area contributed by atoms with Gasteiger partial charge in [-0.25, -0.2) is 0 Å². The zero-order valence-corrected chi connectivity index (χ0v) is 15.8. The normalized spacial score (nSPS) is 10.6. The number of aryl methyl sites for hydroxylation is 1. The lowest BCUT2D eigenvalue weighted by Gasteiger charge is -2.14. The van der Waals surface area contributed by atoms with E-state index in [1.165, 1.54) is 16.7 Å². The molecule has 3 nitrogen and oxygen atoms in total. The second-order valence-corrected chi connectivity index (χ2v) is 6.84. The maximum atomic E-state index is 6.09. The first-order valence-corrected chi connectivity index (χ1v) is 9.07. The molecule has 0 unspecified atom stereocenters. The van der Waals surface area contributed by atoms with Crippen molar-refractivity contribution in [3.8, 4) is 5.75 Å². The first-order chi connectivity index (χ1) is 12.2. The summed E-state index contributed by atoms with van der Waals surface area (Å²) in [5, 5.41) is 3.47. The molecule has 4 heteroatoms. The van der Waals surface area contributed by atoms with Crippen LogP contribution in [0, 0.1) is 6.92 Å². The molecule has 0 saturated heterocycles. The summed E-state index contributed by atoms with van der Waals surface area (Å²) in [4.78, 5) is 4.04. The number of aromatic nitrogens is 1. The fourth-order valence-electron chi connectivity index (χ4n) is 2.60. The molecule has 0 bridgehead atoms. The summed E-state index contributed by atoms with van der Waals surface area (Å²) >= 11 is 3.55. The maximum absolute atomic E-state index is 6.09. The van der Waals surface area contributed by atoms with Gasteiger partial charge in [0.15, 0.2) is 0 Å². The Labute approximate surface area is 157 Å². The summed E-state index contributed by atoms with van der Waals surface area (Å²) in [5.41, 5.74) is 4.81. The maximum Gasteiger partial charge on any atom is 0.124 e. The Morgan fingerprint density at radius 1 is 0.960 bits per heavy atom. The third kappa shape index (κ3) is 5.15. The van der Waals surface area contributed by atoms with Gasteiger partial charge in [-0.15, -0.1) is 0 Å². The molecular formula is C21H21BrN2O. The van der Waals surface area contributed by atoms with Crippen LogP contribution < -0.4 is 10.1 Å². The average molecular weight is 397 g/mol. The third-order valence-corrected chi connectivity index (χ3v) is 4.55. The second kappa shape index (κ2) is 8.79. The lowest BCUT2D eigenvalue weighted by Crippen LogP contribution is -2.13. The summed E-state index contributed by atoms with van der Waals surface area (Å²) in [6.45, 7) is 4.22. The molecule has 2 aromatic carbocycles. The molecule has 0 atom stereocenters. The molecule has 0 radical (unpaired) electrons. The quantitative estimate of drug-likeness (QED) is 0.608. The zero-order chi connectivity index (χ0) is 17.5. The number of rotatable bonds is 7. The number of nitrogens with one attached hydrogen (secondary N) is 1. The SMILES string of the molecule is Cc1ccccc1COc1ccc(Br)cc1CNCc1ccncc1. The Balaban J connectivity index is 1.64. The number of nitrogens with zero attached hydrogens (tertiary/aromatic N) is 1.